The van der Waals surface area contributed by atoms with Gasteiger partial charge in [-0.2, -0.15) is 0 Å². The lowest BCUT2D eigenvalue weighted by Gasteiger charge is -2.29. The monoisotopic (exact) mass is 360 g/mol. The molecule has 0 spiro atoms. The van der Waals surface area contributed by atoms with Crippen molar-refractivity contribution in [3.05, 3.63) is 47.5 Å². The average Bonchev–Trinajstić information content (AvgIpc) is 2.68. The molecule has 0 amide bonds. The summed E-state index contributed by atoms with van der Waals surface area (Å²) in [5, 5.41) is 19.6. The fourth-order valence-electron chi connectivity index (χ4n) is 3.23. The summed E-state index contributed by atoms with van der Waals surface area (Å²) in [5.74, 6) is 2.08. The van der Waals surface area contributed by atoms with E-state index in [-0.39, 0.29) is 30.1 Å². The van der Waals surface area contributed by atoms with Crippen molar-refractivity contribution in [2.45, 2.75) is 19.8 Å². The summed E-state index contributed by atoms with van der Waals surface area (Å²) in [6.07, 6.45) is 0. The first-order valence-electron chi connectivity index (χ1n) is 8.66. The second kappa shape index (κ2) is 8.81. The number of phenols is 1. The van der Waals surface area contributed by atoms with Crippen LogP contribution in [-0.2, 0) is 0 Å². The van der Waals surface area contributed by atoms with Gasteiger partial charge in [0.05, 0.1) is 21.3 Å². The van der Waals surface area contributed by atoms with E-state index in [1.165, 1.54) is 7.11 Å². The van der Waals surface area contributed by atoms with Gasteiger partial charge in [-0.15, -0.1) is 0 Å². The number of aromatic hydroxyl groups is 1. The maximum atomic E-state index is 9.93. The molecule has 26 heavy (non-hydrogen) atoms. The van der Waals surface area contributed by atoms with E-state index in [9.17, 15) is 10.2 Å². The molecule has 0 saturated carbocycles. The Hall–Kier alpha value is -2.40. The van der Waals surface area contributed by atoms with E-state index in [1.54, 1.807) is 20.3 Å². The third-order valence-corrected chi connectivity index (χ3v) is 5.04. The summed E-state index contributed by atoms with van der Waals surface area (Å²) in [4.78, 5) is 0. The molecule has 5 heteroatoms. The predicted molar refractivity (Wildman–Crippen MR) is 101 cm³/mol. The highest BCUT2D eigenvalue weighted by molar-refractivity contribution is 5.49. The van der Waals surface area contributed by atoms with Gasteiger partial charge in [-0.05, 0) is 47.2 Å². The van der Waals surface area contributed by atoms with Crippen LogP contribution in [0.3, 0.4) is 0 Å². The summed E-state index contributed by atoms with van der Waals surface area (Å²) in [5.41, 5.74) is 2.04. The smallest absolute Gasteiger partial charge is 0.161 e. The Kier molecular flexibility index (Phi) is 6.75. The molecule has 2 aromatic rings. The first-order chi connectivity index (χ1) is 12.5. The van der Waals surface area contributed by atoms with Crippen LogP contribution >= 0.6 is 0 Å². The number of hydrogen-bond donors (Lipinski definition) is 2. The van der Waals surface area contributed by atoms with Gasteiger partial charge in [-0.3, -0.25) is 0 Å². The van der Waals surface area contributed by atoms with Crippen LogP contribution < -0.4 is 14.2 Å². The molecule has 0 bridgehead atoms. The maximum absolute atomic E-state index is 9.93. The van der Waals surface area contributed by atoms with E-state index in [0.717, 1.165) is 11.1 Å². The zero-order valence-electron chi connectivity index (χ0n) is 16.0. The Balaban J connectivity index is 2.58. The molecule has 0 aliphatic rings. The average molecular weight is 360 g/mol. The molecule has 0 fully saturated rings. The quantitative estimate of drug-likeness (QED) is 0.749. The first-order valence-corrected chi connectivity index (χ1v) is 8.66. The van der Waals surface area contributed by atoms with Gasteiger partial charge in [-0.25, -0.2) is 0 Å². The van der Waals surface area contributed by atoms with Gasteiger partial charge < -0.3 is 24.4 Å². The fraction of sp³-hybridized carbons (Fsp3) is 0.429. The zero-order chi connectivity index (χ0) is 19.3. The van der Waals surface area contributed by atoms with Crippen LogP contribution in [0.15, 0.2) is 36.4 Å². The predicted octanol–water partition coefficient (Wildman–Crippen LogP) is 3.81. The third kappa shape index (κ3) is 4.05. The zero-order valence-corrected chi connectivity index (χ0v) is 16.0. The minimum atomic E-state index is -0.00791. The van der Waals surface area contributed by atoms with E-state index in [4.69, 9.17) is 14.2 Å². The molecule has 3 atom stereocenters. The summed E-state index contributed by atoms with van der Waals surface area (Å²) < 4.78 is 16.1. The lowest BCUT2D eigenvalue weighted by Crippen LogP contribution is -2.21. The molecule has 0 aliphatic heterocycles. The van der Waals surface area contributed by atoms with Crippen molar-refractivity contribution in [1.29, 1.82) is 0 Å². The molecular formula is C21H28O5. The summed E-state index contributed by atoms with van der Waals surface area (Å²) in [6, 6.07) is 11.2. The van der Waals surface area contributed by atoms with Crippen LogP contribution in [0, 0.1) is 11.8 Å². The SMILES string of the molecule is COc1cc([C@H](c2ccc(OC)c(OC)c2)[C@H](C)[C@H](C)CO)ccc1O. The summed E-state index contributed by atoms with van der Waals surface area (Å²) in [6.45, 7) is 4.23. The number of phenolic OH excluding ortho intramolecular Hbond substituents is 1. The number of methoxy groups -OCH3 is 3. The lowest BCUT2D eigenvalue weighted by atomic mass is 9.76. The van der Waals surface area contributed by atoms with Crippen LogP contribution in [0.1, 0.15) is 30.9 Å². The molecule has 142 valence electrons. The van der Waals surface area contributed by atoms with E-state index in [2.05, 4.69) is 6.92 Å². The number of hydrogen-bond acceptors (Lipinski definition) is 5. The van der Waals surface area contributed by atoms with Crippen molar-refractivity contribution in [3.8, 4) is 23.0 Å². The van der Waals surface area contributed by atoms with Gasteiger partial charge in [0.25, 0.3) is 0 Å². The van der Waals surface area contributed by atoms with Crippen molar-refractivity contribution < 1.29 is 24.4 Å². The molecule has 2 aromatic carbocycles. The Morgan fingerprint density at radius 3 is 1.88 bits per heavy atom. The molecule has 0 unspecified atom stereocenters. The first kappa shape index (κ1) is 19.9. The normalized spacial score (nSPS) is 14.4. The number of benzene rings is 2. The van der Waals surface area contributed by atoms with Crippen LogP contribution in [-0.4, -0.2) is 38.1 Å². The van der Waals surface area contributed by atoms with Crippen molar-refractivity contribution in [3.63, 3.8) is 0 Å². The second-order valence-corrected chi connectivity index (χ2v) is 6.54. The van der Waals surface area contributed by atoms with Gasteiger partial charge in [-0.1, -0.05) is 26.0 Å². The molecule has 0 saturated heterocycles. The largest absolute Gasteiger partial charge is 0.504 e. The molecule has 2 rings (SSSR count). The van der Waals surface area contributed by atoms with Gasteiger partial charge in [0.15, 0.2) is 23.0 Å². The van der Waals surface area contributed by atoms with E-state index in [0.29, 0.717) is 17.2 Å². The van der Waals surface area contributed by atoms with Crippen molar-refractivity contribution >= 4 is 0 Å². The Labute approximate surface area is 155 Å². The van der Waals surface area contributed by atoms with Gasteiger partial charge in [0.2, 0.25) is 0 Å². The van der Waals surface area contributed by atoms with Crippen molar-refractivity contribution in [1.82, 2.24) is 0 Å². The molecule has 0 aromatic heterocycles. The topological polar surface area (TPSA) is 68.2 Å². The highest BCUT2D eigenvalue weighted by atomic mass is 16.5. The number of aliphatic hydroxyl groups is 1. The van der Waals surface area contributed by atoms with E-state index in [1.807, 2.05) is 37.3 Å². The standard InChI is InChI=1S/C21H28O5/c1-13(12-22)14(2)21(15-6-8-17(23)19(10-15)25-4)16-7-9-18(24-3)20(11-16)26-5/h6-11,13-14,21-23H,12H2,1-5H3/t13-,14-,21-/m1/s1. The number of rotatable bonds is 8. The molecular weight excluding hydrogens is 332 g/mol. The minimum Gasteiger partial charge on any atom is -0.504 e. The van der Waals surface area contributed by atoms with E-state index < -0.39 is 0 Å². The minimum absolute atomic E-state index is 0.00791. The second-order valence-electron chi connectivity index (χ2n) is 6.54. The Morgan fingerprint density at radius 1 is 0.808 bits per heavy atom. The maximum Gasteiger partial charge on any atom is 0.161 e. The molecule has 0 aliphatic carbocycles. The number of ether oxygens (including phenoxy) is 3. The van der Waals surface area contributed by atoms with Crippen LogP contribution in [0.4, 0.5) is 0 Å². The number of aliphatic hydroxyl groups excluding tert-OH is 1. The third-order valence-electron chi connectivity index (χ3n) is 5.04. The van der Waals surface area contributed by atoms with Gasteiger partial charge in [0.1, 0.15) is 0 Å². The molecule has 0 heterocycles. The van der Waals surface area contributed by atoms with E-state index >= 15 is 0 Å². The fourth-order valence-corrected chi connectivity index (χ4v) is 3.23. The summed E-state index contributed by atoms with van der Waals surface area (Å²) >= 11 is 0. The highest BCUT2D eigenvalue weighted by Crippen LogP contribution is 2.41. The van der Waals surface area contributed by atoms with Gasteiger partial charge >= 0.3 is 0 Å². The Morgan fingerprint density at radius 2 is 1.35 bits per heavy atom. The molecule has 0 radical (unpaired) electrons. The lowest BCUT2D eigenvalue weighted by molar-refractivity contribution is 0.186. The highest BCUT2D eigenvalue weighted by Gasteiger charge is 2.27. The molecule has 5 nitrogen and oxygen atoms in total. The van der Waals surface area contributed by atoms with Crippen LogP contribution in [0.25, 0.3) is 0 Å². The summed E-state index contributed by atoms with van der Waals surface area (Å²) in [7, 11) is 4.75. The van der Waals surface area contributed by atoms with Crippen LogP contribution in [0.2, 0.25) is 0 Å². The van der Waals surface area contributed by atoms with Crippen LogP contribution in [0.5, 0.6) is 23.0 Å². The molecule has 2 N–H and O–H groups in total. The van der Waals surface area contributed by atoms with Gasteiger partial charge in [0, 0.05) is 12.5 Å². The Bertz CT molecular complexity index is 728. The van der Waals surface area contributed by atoms with Crippen molar-refractivity contribution in [2.75, 3.05) is 27.9 Å². The van der Waals surface area contributed by atoms with Crippen molar-refractivity contribution in [2.24, 2.45) is 11.8 Å².